The molecule has 2 heterocycles. The lowest BCUT2D eigenvalue weighted by molar-refractivity contribution is 0.484. The zero-order valence-corrected chi connectivity index (χ0v) is 14.6. The molecule has 4 aromatic rings. The molecule has 0 saturated carbocycles. The molecule has 27 heavy (non-hydrogen) atoms. The number of benzene rings is 2. The zero-order chi connectivity index (χ0) is 19.0. The standard InChI is InChI=1S/C18H13N5O3S/c19-17-15(9-16(27(24,25)26)13-5-3-7-20-18(13)17)23-22-12-8-11-4-1-2-6-14(11)21-10-12/h1-10H,19H2,(H,24,25,26). The van der Waals surface area contributed by atoms with Crippen LogP contribution in [0, 0.1) is 0 Å². The molecule has 0 spiro atoms. The second-order valence-corrected chi connectivity index (χ2v) is 7.16. The highest BCUT2D eigenvalue weighted by Gasteiger charge is 2.19. The van der Waals surface area contributed by atoms with Crippen molar-refractivity contribution in [2.75, 3.05) is 5.73 Å². The highest BCUT2D eigenvalue weighted by molar-refractivity contribution is 7.86. The number of nitrogens with zero attached hydrogens (tertiary/aromatic N) is 4. The minimum absolute atomic E-state index is 0.0852. The molecule has 2 aromatic carbocycles. The van der Waals surface area contributed by atoms with Crippen LogP contribution in [0.3, 0.4) is 0 Å². The average molecular weight is 379 g/mol. The Morgan fingerprint density at radius 1 is 1.00 bits per heavy atom. The molecule has 0 bridgehead atoms. The smallest absolute Gasteiger partial charge is 0.295 e. The number of azo groups is 1. The van der Waals surface area contributed by atoms with Crippen LogP contribution >= 0.6 is 0 Å². The van der Waals surface area contributed by atoms with E-state index in [-0.39, 0.29) is 27.2 Å². The molecular formula is C18H13N5O3S. The first kappa shape index (κ1) is 17.0. The summed E-state index contributed by atoms with van der Waals surface area (Å²) in [6.07, 6.45) is 3.02. The topological polar surface area (TPSA) is 131 Å². The van der Waals surface area contributed by atoms with Gasteiger partial charge in [0.2, 0.25) is 0 Å². The summed E-state index contributed by atoms with van der Waals surface area (Å²) in [4.78, 5) is 8.06. The van der Waals surface area contributed by atoms with E-state index in [4.69, 9.17) is 5.73 Å². The second kappa shape index (κ2) is 6.38. The largest absolute Gasteiger partial charge is 0.395 e. The van der Waals surface area contributed by atoms with E-state index in [2.05, 4.69) is 20.2 Å². The van der Waals surface area contributed by atoms with E-state index in [0.29, 0.717) is 5.69 Å². The molecule has 0 aliphatic heterocycles. The molecular weight excluding hydrogens is 366 g/mol. The zero-order valence-electron chi connectivity index (χ0n) is 13.8. The fraction of sp³-hybridized carbons (Fsp3) is 0. The highest BCUT2D eigenvalue weighted by Crippen LogP contribution is 2.35. The van der Waals surface area contributed by atoms with Crippen molar-refractivity contribution in [3.05, 3.63) is 60.9 Å². The van der Waals surface area contributed by atoms with Crippen molar-refractivity contribution in [3.63, 3.8) is 0 Å². The number of rotatable bonds is 3. The lowest BCUT2D eigenvalue weighted by Gasteiger charge is -2.08. The van der Waals surface area contributed by atoms with E-state index in [1.54, 1.807) is 18.3 Å². The molecule has 0 saturated heterocycles. The van der Waals surface area contributed by atoms with Crippen LogP contribution in [0.15, 0.2) is 76.0 Å². The van der Waals surface area contributed by atoms with Gasteiger partial charge in [-0.05, 0) is 30.3 Å². The lowest BCUT2D eigenvalue weighted by Crippen LogP contribution is -2.01. The van der Waals surface area contributed by atoms with Gasteiger partial charge in [0.1, 0.15) is 16.3 Å². The van der Waals surface area contributed by atoms with Crippen LogP contribution in [-0.4, -0.2) is 22.9 Å². The lowest BCUT2D eigenvalue weighted by atomic mass is 10.1. The molecule has 0 unspecified atom stereocenters. The number of fused-ring (bicyclic) bond motifs is 2. The first-order chi connectivity index (χ1) is 12.9. The van der Waals surface area contributed by atoms with E-state index in [9.17, 15) is 13.0 Å². The van der Waals surface area contributed by atoms with Crippen LogP contribution < -0.4 is 5.73 Å². The van der Waals surface area contributed by atoms with E-state index in [0.717, 1.165) is 10.9 Å². The summed E-state index contributed by atoms with van der Waals surface area (Å²) in [5, 5.41) is 9.25. The van der Waals surface area contributed by atoms with Gasteiger partial charge in [-0.1, -0.05) is 18.2 Å². The fourth-order valence-electron chi connectivity index (χ4n) is 2.74. The summed E-state index contributed by atoms with van der Waals surface area (Å²) >= 11 is 0. The number of para-hydroxylation sites is 1. The predicted octanol–water partition coefficient (Wildman–Crippen LogP) is 4.03. The number of nitrogen functional groups attached to an aromatic ring is 1. The molecule has 0 atom stereocenters. The fourth-order valence-corrected chi connectivity index (χ4v) is 3.44. The summed E-state index contributed by atoms with van der Waals surface area (Å²) < 4.78 is 33.0. The van der Waals surface area contributed by atoms with Gasteiger partial charge in [-0.25, -0.2) is 0 Å². The monoisotopic (exact) mass is 379 g/mol. The van der Waals surface area contributed by atoms with Gasteiger partial charge < -0.3 is 5.73 Å². The maximum atomic E-state index is 11.7. The second-order valence-electron chi connectivity index (χ2n) is 5.77. The number of aromatic nitrogens is 2. The molecule has 134 valence electrons. The van der Waals surface area contributed by atoms with Gasteiger partial charge in [-0.3, -0.25) is 14.5 Å². The van der Waals surface area contributed by atoms with Crippen LogP contribution in [0.25, 0.3) is 21.8 Å². The average Bonchev–Trinajstić information content (AvgIpc) is 2.66. The summed E-state index contributed by atoms with van der Waals surface area (Å²) in [6, 6.07) is 13.6. The molecule has 0 fully saturated rings. The van der Waals surface area contributed by atoms with Gasteiger partial charge in [0.15, 0.2) is 0 Å². The first-order valence-corrected chi connectivity index (χ1v) is 9.29. The van der Waals surface area contributed by atoms with Crippen molar-refractivity contribution in [2.24, 2.45) is 10.2 Å². The van der Waals surface area contributed by atoms with Crippen molar-refractivity contribution in [1.82, 2.24) is 9.97 Å². The van der Waals surface area contributed by atoms with Crippen LogP contribution in [0.2, 0.25) is 0 Å². The number of hydrogen-bond acceptors (Lipinski definition) is 7. The Morgan fingerprint density at radius 3 is 2.63 bits per heavy atom. The highest BCUT2D eigenvalue weighted by atomic mass is 32.2. The summed E-state index contributed by atoms with van der Waals surface area (Å²) in [6.45, 7) is 0. The maximum Gasteiger partial charge on any atom is 0.295 e. The molecule has 8 nitrogen and oxygen atoms in total. The minimum atomic E-state index is -4.49. The Hall–Kier alpha value is -3.43. The Bertz CT molecular complexity index is 1320. The van der Waals surface area contributed by atoms with Gasteiger partial charge >= 0.3 is 0 Å². The summed E-state index contributed by atoms with van der Waals surface area (Å²) in [7, 11) is -4.49. The van der Waals surface area contributed by atoms with E-state index in [1.165, 1.54) is 18.3 Å². The molecule has 0 amide bonds. The molecule has 9 heteroatoms. The van der Waals surface area contributed by atoms with Crippen LogP contribution in [0.5, 0.6) is 0 Å². The number of nitrogens with two attached hydrogens (primary N) is 1. The third-order valence-electron chi connectivity index (χ3n) is 4.00. The maximum absolute atomic E-state index is 11.7. The molecule has 4 rings (SSSR count). The molecule has 0 radical (unpaired) electrons. The number of pyridine rings is 2. The molecule has 0 aliphatic rings. The molecule has 3 N–H and O–H groups in total. The third kappa shape index (κ3) is 3.21. The summed E-state index contributed by atoms with van der Waals surface area (Å²) in [5.41, 5.74) is 7.84. The minimum Gasteiger partial charge on any atom is -0.395 e. The van der Waals surface area contributed by atoms with Crippen molar-refractivity contribution < 1.29 is 13.0 Å². The van der Waals surface area contributed by atoms with Crippen LogP contribution in [0.1, 0.15) is 0 Å². The van der Waals surface area contributed by atoms with Crippen molar-refractivity contribution in [2.45, 2.75) is 4.90 Å². The van der Waals surface area contributed by atoms with E-state index < -0.39 is 10.1 Å². The Labute approximate surface area is 154 Å². The van der Waals surface area contributed by atoms with Gasteiger partial charge in [-0.15, -0.1) is 10.2 Å². The van der Waals surface area contributed by atoms with Crippen molar-refractivity contribution >= 4 is 49.0 Å². The summed E-state index contributed by atoms with van der Waals surface area (Å²) in [5.74, 6) is 0. The molecule has 0 aliphatic carbocycles. The van der Waals surface area contributed by atoms with Crippen LogP contribution in [-0.2, 0) is 10.1 Å². The normalized spacial score (nSPS) is 12.2. The SMILES string of the molecule is Nc1c(N=Nc2cnc3ccccc3c2)cc(S(=O)(=O)O)c2cccnc12. The van der Waals surface area contributed by atoms with E-state index in [1.807, 2.05) is 24.3 Å². The van der Waals surface area contributed by atoms with E-state index >= 15 is 0 Å². The number of anilines is 1. The predicted molar refractivity (Wildman–Crippen MR) is 102 cm³/mol. The quantitative estimate of drug-likeness (QED) is 0.314. The van der Waals surface area contributed by atoms with Gasteiger partial charge in [0.05, 0.1) is 22.9 Å². The third-order valence-corrected chi connectivity index (χ3v) is 4.89. The van der Waals surface area contributed by atoms with Gasteiger partial charge in [0, 0.05) is 17.0 Å². The Kier molecular flexibility index (Phi) is 4.02. The Morgan fingerprint density at radius 2 is 1.81 bits per heavy atom. The Balaban J connectivity index is 1.85. The molecule has 2 aromatic heterocycles. The van der Waals surface area contributed by atoms with Gasteiger partial charge in [-0.2, -0.15) is 8.42 Å². The first-order valence-electron chi connectivity index (χ1n) is 7.85. The number of hydrogen-bond donors (Lipinski definition) is 2. The van der Waals surface area contributed by atoms with Crippen LogP contribution in [0.4, 0.5) is 17.1 Å². The van der Waals surface area contributed by atoms with Gasteiger partial charge in [0.25, 0.3) is 10.1 Å². The van der Waals surface area contributed by atoms with Crippen molar-refractivity contribution in [1.29, 1.82) is 0 Å². The van der Waals surface area contributed by atoms with Crippen molar-refractivity contribution in [3.8, 4) is 0 Å².